The zero-order chi connectivity index (χ0) is 13.3. The van der Waals surface area contributed by atoms with Crippen LogP contribution in [-0.4, -0.2) is 15.4 Å². The van der Waals surface area contributed by atoms with E-state index in [1.165, 1.54) is 25.7 Å². The Morgan fingerprint density at radius 1 is 1.24 bits per heavy atom. The molecule has 0 saturated carbocycles. The minimum Gasteiger partial charge on any atom is -0.324 e. The van der Waals surface area contributed by atoms with Crippen molar-refractivity contribution in [3.63, 3.8) is 0 Å². The van der Waals surface area contributed by atoms with Gasteiger partial charge in [0.2, 0.25) is 0 Å². The van der Waals surface area contributed by atoms with E-state index in [4.69, 9.17) is 9.79 Å². The van der Waals surface area contributed by atoms with E-state index in [1.54, 1.807) is 6.92 Å². The van der Waals surface area contributed by atoms with Gasteiger partial charge in [-0.05, 0) is 25.7 Å². The van der Waals surface area contributed by atoms with Crippen molar-refractivity contribution in [2.75, 3.05) is 0 Å². The first-order valence-corrected chi connectivity index (χ1v) is 8.12. The van der Waals surface area contributed by atoms with E-state index in [-0.39, 0.29) is 5.92 Å². The standard InChI is InChI=1S/C13H26O3P/c1-4-5-6-7-8-9-10-11-12(2)13(3)17(14,15)16/h10-13H,3-9H2,1-2H3,(H2,14,15,16). The fraction of sp³-hybridized carbons (Fsp3) is 0.769. The predicted molar refractivity (Wildman–Crippen MR) is 72.9 cm³/mol. The molecule has 0 spiro atoms. The molecule has 0 fully saturated rings. The minimum absolute atomic E-state index is 0.175. The Morgan fingerprint density at radius 3 is 2.35 bits per heavy atom. The average Bonchev–Trinajstić information content (AvgIpc) is 2.25. The van der Waals surface area contributed by atoms with Crippen LogP contribution in [0.4, 0.5) is 0 Å². The van der Waals surface area contributed by atoms with Crippen molar-refractivity contribution in [2.45, 2.75) is 58.0 Å². The van der Waals surface area contributed by atoms with E-state index in [2.05, 4.69) is 13.8 Å². The summed E-state index contributed by atoms with van der Waals surface area (Å²) in [6, 6.07) is 0. The highest BCUT2D eigenvalue weighted by molar-refractivity contribution is 7.52. The van der Waals surface area contributed by atoms with Gasteiger partial charge in [0.25, 0.3) is 0 Å². The molecule has 0 bridgehead atoms. The SMILES string of the molecule is [CH2]C(C(C)C=CCCCCCCC)P(=O)(O)O. The number of allylic oxidation sites excluding steroid dienone is 2. The van der Waals surface area contributed by atoms with Gasteiger partial charge in [0.15, 0.2) is 0 Å². The normalized spacial score (nSPS) is 16.3. The van der Waals surface area contributed by atoms with Crippen LogP contribution in [0.25, 0.3) is 0 Å². The van der Waals surface area contributed by atoms with Crippen LogP contribution in [0.2, 0.25) is 0 Å². The summed E-state index contributed by atoms with van der Waals surface area (Å²) in [4.78, 5) is 17.9. The molecule has 1 radical (unpaired) electrons. The fourth-order valence-electron chi connectivity index (χ4n) is 1.61. The van der Waals surface area contributed by atoms with Gasteiger partial charge in [-0.1, -0.05) is 51.7 Å². The number of rotatable bonds is 9. The van der Waals surface area contributed by atoms with Crippen LogP contribution in [0, 0.1) is 12.8 Å². The lowest BCUT2D eigenvalue weighted by Gasteiger charge is -2.17. The molecule has 0 amide bonds. The monoisotopic (exact) mass is 261 g/mol. The van der Waals surface area contributed by atoms with Crippen molar-refractivity contribution < 1.29 is 14.4 Å². The summed E-state index contributed by atoms with van der Waals surface area (Å²) in [5, 5.41) is 0. The first-order chi connectivity index (χ1) is 7.89. The maximum Gasteiger partial charge on any atom is 0.329 e. The molecule has 0 aliphatic heterocycles. The zero-order valence-corrected chi connectivity index (χ0v) is 11.9. The van der Waals surface area contributed by atoms with Crippen molar-refractivity contribution >= 4 is 7.60 Å². The summed E-state index contributed by atoms with van der Waals surface area (Å²) in [7, 11) is -4.05. The third-order valence-corrected chi connectivity index (χ3v) is 4.29. The van der Waals surface area contributed by atoms with Crippen LogP contribution in [0.1, 0.15) is 52.4 Å². The molecule has 0 aromatic carbocycles. The quantitative estimate of drug-likeness (QED) is 0.376. The van der Waals surface area contributed by atoms with Crippen molar-refractivity contribution in [1.82, 2.24) is 0 Å². The van der Waals surface area contributed by atoms with Crippen LogP contribution in [0.3, 0.4) is 0 Å². The Labute approximate surface area is 105 Å². The van der Waals surface area contributed by atoms with Gasteiger partial charge in [0.05, 0.1) is 5.66 Å². The second-order valence-corrected chi connectivity index (χ2v) is 6.49. The molecule has 0 saturated heterocycles. The van der Waals surface area contributed by atoms with Gasteiger partial charge in [0.1, 0.15) is 0 Å². The van der Waals surface area contributed by atoms with E-state index < -0.39 is 13.3 Å². The predicted octanol–water partition coefficient (Wildman–Crippen LogP) is 3.92. The summed E-state index contributed by atoms with van der Waals surface area (Å²) in [6.45, 7) is 7.52. The Bertz CT molecular complexity index is 257. The fourth-order valence-corrected chi connectivity index (χ4v) is 2.32. The zero-order valence-electron chi connectivity index (χ0n) is 11.0. The molecule has 17 heavy (non-hydrogen) atoms. The first-order valence-electron chi connectivity index (χ1n) is 6.44. The lowest BCUT2D eigenvalue weighted by Crippen LogP contribution is -2.12. The molecule has 2 atom stereocenters. The molecule has 0 aliphatic carbocycles. The lowest BCUT2D eigenvalue weighted by atomic mass is 10.1. The van der Waals surface area contributed by atoms with E-state index in [1.807, 2.05) is 12.2 Å². The minimum atomic E-state index is -4.05. The van der Waals surface area contributed by atoms with Crippen molar-refractivity contribution in [2.24, 2.45) is 5.92 Å². The maximum atomic E-state index is 11.0. The molecule has 0 aromatic rings. The number of hydrogen-bond donors (Lipinski definition) is 2. The van der Waals surface area contributed by atoms with Gasteiger partial charge >= 0.3 is 7.60 Å². The van der Waals surface area contributed by atoms with Crippen molar-refractivity contribution in [3.8, 4) is 0 Å². The topological polar surface area (TPSA) is 57.5 Å². The lowest BCUT2D eigenvalue weighted by molar-refractivity contribution is 0.356. The van der Waals surface area contributed by atoms with Crippen molar-refractivity contribution in [1.29, 1.82) is 0 Å². The average molecular weight is 261 g/mol. The molecule has 0 rings (SSSR count). The van der Waals surface area contributed by atoms with E-state index in [9.17, 15) is 4.57 Å². The van der Waals surface area contributed by atoms with Gasteiger partial charge in [-0.25, -0.2) is 0 Å². The summed E-state index contributed by atoms with van der Waals surface area (Å²) in [5.74, 6) is -0.175. The first kappa shape index (κ1) is 16.9. The van der Waals surface area contributed by atoms with Crippen LogP contribution in [-0.2, 0) is 4.57 Å². The third-order valence-electron chi connectivity index (χ3n) is 2.95. The van der Waals surface area contributed by atoms with Gasteiger partial charge in [-0.3, -0.25) is 4.57 Å². The highest BCUT2D eigenvalue weighted by atomic mass is 31.2. The molecule has 101 valence electrons. The molecule has 2 unspecified atom stereocenters. The molecule has 0 aliphatic rings. The van der Waals surface area contributed by atoms with Crippen molar-refractivity contribution in [3.05, 3.63) is 19.1 Å². The maximum absolute atomic E-state index is 11.0. The Balaban J connectivity index is 3.74. The number of hydrogen-bond acceptors (Lipinski definition) is 1. The summed E-state index contributed by atoms with van der Waals surface area (Å²) >= 11 is 0. The molecule has 2 N–H and O–H groups in total. The van der Waals surface area contributed by atoms with E-state index in [0.29, 0.717) is 0 Å². The summed E-state index contributed by atoms with van der Waals surface area (Å²) in [6.07, 6.45) is 11.1. The summed E-state index contributed by atoms with van der Waals surface area (Å²) in [5.41, 5.74) is -0.834. The highest BCUT2D eigenvalue weighted by Gasteiger charge is 2.27. The summed E-state index contributed by atoms with van der Waals surface area (Å²) < 4.78 is 11.0. The Hall–Kier alpha value is -0.110. The Morgan fingerprint density at radius 2 is 1.82 bits per heavy atom. The smallest absolute Gasteiger partial charge is 0.324 e. The largest absolute Gasteiger partial charge is 0.329 e. The highest BCUT2D eigenvalue weighted by Crippen LogP contribution is 2.44. The van der Waals surface area contributed by atoms with Crippen LogP contribution in [0.15, 0.2) is 12.2 Å². The second-order valence-electron chi connectivity index (χ2n) is 4.65. The molecule has 3 nitrogen and oxygen atoms in total. The Kier molecular flexibility index (Phi) is 8.85. The van der Waals surface area contributed by atoms with Crippen LogP contribution >= 0.6 is 7.60 Å². The third kappa shape index (κ3) is 8.59. The van der Waals surface area contributed by atoms with E-state index in [0.717, 1.165) is 12.8 Å². The van der Waals surface area contributed by atoms with Crippen LogP contribution in [0.5, 0.6) is 0 Å². The second kappa shape index (κ2) is 8.91. The molecule has 0 heterocycles. The van der Waals surface area contributed by atoms with Crippen LogP contribution < -0.4 is 0 Å². The number of unbranched alkanes of at least 4 members (excludes halogenated alkanes) is 5. The molecular formula is C13H26O3P. The molecular weight excluding hydrogens is 235 g/mol. The van der Waals surface area contributed by atoms with E-state index >= 15 is 0 Å². The molecule has 0 aromatic heterocycles. The molecule has 4 heteroatoms. The van der Waals surface area contributed by atoms with Gasteiger partial charge in [-0.2, -0.15) is 0 Å². The van der Waals surface area contributed by atoms with Gasteiger partial charge < -0.3 is 9.79 Å². The van der Waals surface area contributed by atoms with Gasteiger partial charge in [-0.15, -0.1) is 0 Å². The van der Waals surface area contributed by atoms with Gasteiger partial charge in [0, 0.05) is 0 Å².